The molecule has 3 saturated carbocycles. The maximum absolute atomic E-state index is 10.9. The highest BCUT2D eigenvalue weighted by Gasteiger charge is 2.59. The van der Waals surface area contributed by atoms with Crippen LogP contribution in [0.3, 0.4) is 0 Å². The minimum absolute atomic E-state index is 0.0898. The van der Waals surface area contributed by atoms with Gasteiger partial charge >= 0.3 is 0 Å². The fourth-order valence-corrected chi connectivity index (χ4v) is 7.54. The Morgan fingerprint density at radius 1 is 1.09 bits per heavy atom. The third-order valence-corrected chi connectivity index (χ3v) is 8.86. The van der Waals surface area contributed by atoms with E-state index in [4.69, 9.17) is 0 Å². The summed E-state index contributed by atoms with van der Waals surface area (Å²) in [7, 11) is 0. The van der Waals surface area contributed by atoms with Crippen LogP contribution in [0.5, 0.6) is 0 Å². The first-order valence-electron chi connectivity index (χ1n) is 9.89. The Kier molecular flexibility index (Phi) is 3.53. The lowest BCUT2D eigenvalue weighted by atomic mass is 9.46. The zero-order valence-corrected chi connectivity index (χ0v) is 14.8. The first kappa shape index (κ1) is 15.2. The van der Waals surface area contributed by atoms with Crippen molar-refractivity contribution in [2.24, 2.45) is 34.5 Å². The van der Waals surface area contributed by atoms with E-state index in [0.717, 1.165) is 36.5 Å². The normalized spacial score (nSPS) is 54.2. The average molecular weight is 303 g/mol. The monoisotopic (exact) mass is 302 g/mol. The smallest absolute Gasteiger partial charge is 0.0636 e. The van der Waals surface area contributed by atoms with Gasteiger partial charge in [-0.15, -0.1) is 0 Å². The summed E-state index contributed by atoms with van der Waals surface area (Å²) in [5.74, 6) is 3.52. The van der Waals surface area contributed by atoms with E-state index < -0.39 is 0 Å². The fraction of sp³-hybridized carbons (Fsp3) is 0.905. The van der Waals surface area contributed by atoms with E-state index in [9.17, 15) is 5.11 Å². The minimum atomic E-state index is -0.0898. The highest BCUT2D eigenvalue weighted by molar-refractivity contribution is 5.26. The van der Waals surface area contributed by atoms with Crippen LogP contribution in [-0.2, 0) is 0 Å². The molecule has 7 atom stereocenters. The molecule has 0 radical (unpaired) electrons. The summed E-state index contributed by atoms with van der Waals surface area (Å²) in [4.78, 5) is 0. The van der Waals surface area contributed by atoms with Gasteiger partial charge < -0.3 is 5.11 Å². The maximum Gasteiger partial charge on any atom is 0.0636 e. The first-order valence-corrected chi connectivity index (χ1v) is 9.89. The summed E-state index contributed by atoms with van der Waals surface area (Å²) in [6.07, 6.45) is 14.2. The average Bonchev–Trinajstić information content (AvgIpc) is 2.85. The lowest BCUT2D eigenvalue weighted by Crippen LogP contribution is -2.54. The van der Waals surface area contributed by atoms with Gasteiger partial charge in [0.25, 0.3) is 0 Å². The van der Waals surface area contributed by atoms with Crippen LogP contribution in [0.2, 0.25) is 0 Å². The van der Waals surface area contributed by atoms with Gasteiger partial charge in [0.1, 0.15) is 0 Å². The summed E-state index contributed by atoms with van der Waals surface area (Å²) < 4.78 is 0. The summed E-state index contributed by atoms with van der Waals surface area (Å²) in [5, 5.41) is 10.9. The summed E-state index contributed by atoms with van der Waals surface area (Å²) in [6, 6.07) is 0. The van der Waals surface area contributed by atoms with Gasteiger partial charge in [-0.1, -0.05) is 38.8 Å². The van der Waals surface area contributed by atoms with E-state index in [1.54, 1.807) is 5.57 Å². The number of allylic oxidation sites excluding steroid dienone is 1. The van der Waals surface area contributed by atoms with Crippen molar-refractivity contribution in [2.75, 3.05) is 0 Å². The first-order chi connectivity index (χ1) is 10.5. The molecule has 0 heterocycles. The van der Waals surface area contributed by atoms with E-state index in [1.165, 1.54) is 44.9 Å². The number of hydrogen-bond acceptors (Lipinski definition) is 1. The van der Waals surface area contributed by atoms with Gasteiger partial charge in [0.05, 0.1) is 6.10 Å². The van der Waals surface area contributed by atoms with Crippen molar-refractivity contribution in [3.8, 4) is 0 Å². The van der Waals surface area contributed by atoms with E-state index in [1.807, 2.05) is 0 Å². The Morgan fingerprint density at radius 3 is 2.68 bits per heavy atom. The SMILES string of the molecule is CC[C@H]1CC[C@H]2[C@@H]3CCC4=CCCC(O)[C@]4(C)[C@H]3CC[C@]12C. The highest BCUT2D eigenvalue weighted by Crippen LogP contribution is 2.67. The summed E-state index contributed by atoms with van der Waals surface area (Å²) in [6.45, 7) is 7.42. The van der Waals surface area contributed by atoms with Crippen LogP contribution in [0.4, 0.5) is 0 Å². The second-order valence-electron chi connectivity index (χ2n) is 9.25. The van der Waals surface area contributed by atoms with Crippen LogP contribution in [0.1, 0.15) is 78.6 Å². The van der Waals surface area contributed by atoms with E-state index in [2.05, 4.69) is 26.8 Å². The molecule has 124 valence electrons. The van der Waals surface area contributed by atoms with Crippen LogP contribution in [0.15, 0.2) is 11.6 Å². The predicted molar refractivity (Wildman–Crippen MR) is 91.5 cm³/mol. The Balaban J connectivity index is 1.68. The molecule has 1 N–H and O–H groups in total. The van der Waals surface area contributed by atoms with Crippen LogP contribution in [-0.4, -0.2) is 11.2 Å². The van der Waals surface area contributed by atoms with Gasteiger partial charge in [-0.2, -0.15) is 0 Å². The fourth-order valence-electron chi connectivity index (χ4n) is 7.54. The number of rotatable bonds is 1. The van der Waals surface area contributed by atoms with Crippen molar-refractivity contribution in [1.29, 1.82) is 0 Å². The number of hydrogen-bond donors (Lipinski definition) is 1. The molecule has 3 fully saturated rings. The predicted octanol–water partition coefficient (Wildman–Crippen LogP) is 5.34. The third kappa shape index (κ3) is 1.81. The molecule has 0 aromatic carbocycles. The molecule has 0 bridgehead atoms. The van der Waals surface area contributed by atoms with Gasteiger partial charge in [-0.3, -0.25) is 0 Å². The van der Waals surface area contributed by atoms with E-state index in [-0.39, 0.29) is 11.5 Å². The quantitative estimate of drug-likeness (QED) is 0.648. The van der Waals surface area contributed by atoms with Crippen LogP contribution >= 0.6 is 0 Å². The molecule has 0 amide bonds. The second-order valence-corrected chi connectivity index (χ2v) is 9.25. The van der Waals surface area contributed by atoms with Gasteiger partial charge in [0.2, 0.25) is 0 Å². The van der Waals surface area contributed by atoms with E-state index in [0.29, 0.717) is 5.41 Å². The molecule has 4 aliphatic carbocycles. The molecular weight excluding hydrogens is 268 g/mol. The van der Waals surface area contributed by atoms with Crippen molar-refractivity contribution in [3.63, 3.8) is 0 Å². The van der Waals surface area contributed by atoms with Gasteiger partial charge in [0, 0.05) is 5.41 Å². The molecule has 1 heteroatoms. The maximum atomic E-state index is 10.9. The van der Waals surface area contributed by atoms with Crippen molar-refractivity contribution in [1.82, 2.24) is 0 Å². The molecule has 0 aliphatic heterocycles. The molecule has 0 spiro atoms. The molecule has 1 unspecified atom stereocenters. The molecule has 0 saturated heterocycles. The Hall–Kier alpha value is -0.300. The van der Waals surface area contributed by atoms with Gasteiger partial charge in [-0.05, 0) is 80.5 Å². The highest BCUT2D eigenvalue weighted by atomic mass is 16.3. The standard InChI is InChI=1S/C21H34O/c1-4-14-9-11-17-16-10-8-15-6-5-7-19(22)21(15,3)18(16)12-13-20(14,17)2/h6,14,16-19,22H,4-5,7-13H2,1-3H3/t14-,16-,17-,18-,19?,20+,21-/m0/s1. The zero-order chi connectivity index (χ0) is 15.5. The Morgan fingerprint density at radius 2 is 1.91 bits per heavy atom. The zero-order valence-electron chi connectivity index (χ0n) is 14.8. The topological polar surface area (TPSA) is 20.2 Å². The van der Waals surface area contributed by atoms with Crippen LogP contribution in [0.25, 0.3) is 0 Å². The molecule has 22 heavy (non-hydrogen) atoms. The molecular formula is C21H34O. The number of aliphatic hydroxyl groups is 1. The summed E-state index contributed by atoms with van der Waals surface area (Å²) in [5.41, 5.74) is 2.32. The second kappa shape index (κ2) is 5.10. The Bertz CT molecular complexity index is 480. The molecule has 4 rings (SSSR count). The molecule has 0 aromatic rings. The lowest BCUT2D eigenvalue weighted by molar-refractivity contribution is -0.0952. The van der Waals surface area contributed by atoms with Crippen molar-refractivity contribution >= 4 is 0 Å². The Labute approximate surface area is 136 Å². The largest absolute Gasteiger partial charge is 0.392 e. The molecule has 4 aliphatic rings. The molecule has 0 aromatic heterocycles. The number of aliphatic hydroxyl groups excluding tert-OH is 1. The van der Waals surface area contributed by atoms with E-state index >= 15 is 0 Å². The van der Waals surface area contributed by atoms with Gasteiger partial charge in [0.15, 0.2) is 0 Å². The van der Waals surface area contributed by atoms with Crippen molar-refractivity contribution in [3.05, 3.63) is 11.6 Å². The van der Waals surface area contributed by atoms with Gasteiger partial charge in [-0.25, -0.2) is 0 Å². The van der Waals surface area contributed by atoms with Crippen LogP contribution < -0.4 is 0 Å². The number of fused-ring (bicyclic) bond motifs is 5. The minimum Gasteiger partial charge on any atom is -0.392 e. The third-order valence-electron chi connectivity index (χ3n) is 8.86. The van der Waals surface area contributed by atoms with Crippen molar-refractivity contribution < 1.29 is 5.11 Å². The van der Waals surface area contributed by atoms with Crippen LogP contribution in [0, 0.1) is 34.5 Å². The van der Waals surface area contributed by atoms with Crippen molar-refractivity contribution in [2.45, 2.75) is 84.7 Å². The lowest BCUT2D eigenvalue weighted by Gasteiger charge is -2.59. The summed E-state index contributed by atoms with van der Waals surface area (Å²) >= 11 is 0. The molecule has 1 nitrogen and oxygen atoms in total.